The molecule has 0 heterocycles. The van der Waals surface area contributed by atoms with Gasteiger partial charge in [-0.2, -0.15) is 0 Å². The van der Waals surface area contributed by atoms with Gasteiger partial charge in [-0.25, -0.2) is 4.79 Å². The summed E-state index contributed by atoms with van der Waals surface area (Å²) in [5, 5.41) is 19.9. The fraction of sp³-hybridized carbons (Fsp3) is 0.833. The first-order valence-corrected chi connectivity index (χ1v) is 3.07. The molecule has 0 bridgehead atoms. The second-order valence-electron chi connectivity index (χ2n) is 2.00. The number of hydrogen-bond donors (Lipinski definition) is 3. The molecule has 0 fully saturated rings. The highest BCUT2D eigenvalue weighted by molar-refractivity contribution is 5.72. The maximum absolute atomic E-state index is 10.2. The molecule has 0 rings (SSSR count). The molecule has 0 aliphatic heterocycles. The monoisotopic (exact) mass is 149 g/mol. The van der Waals surface area contributed by atoms with Crippen molar-refractivity contribution in [3.63, 3.8) is 0 Å². The number of rotatable bonds is 4. The third-order valence-corrected chi connectivity index (χ3v) is 1.34. The standard InChI is InChI=1S/C6H13NO3/c1-3-4(7-2)5(8)6(9)10/h4-5,7-8H,3H2,1-2H3,(H,9,10)/t4-,5?/m0/s1/i2T. The van der Waals surface area contributed by atoms with Crippen molar-refractivity contribution in [1.29, 1.82) is 0 Å². The number of hydrogen-bond acceptors (Lipinski definition) is 3. The molecular weight excluding hydrogens is 134 g/mol. The quantitative estimate of drug-likeness (QED) is 0.500. The van der Waals surface area contributed by atoms with E-state index in [9.17, 15) is 4.79 Å². The molecule has 60 valence electrons. The van der Waals surface area contributed by atoms with Crippen molar-refractivity contribution >= 4 is 5.97 Å². The zero-order valence-corrected chi connectivity index (χ0v) is 5.87. The van der Waals surface area contributed by atoms with Gasteiger partial charge < -0.3 is 15.5 Å². The van der Waals surface area contributed by atoms with Gasteiger partial charge in [-0.15, -0.1) is 0 Å². The topological polar surface area (TPSA) is 69.6 Å². The molecule has 0 amide bonds. The predicted molar refractivity (Wildman–Crippen MR) is 36.8 cm³/mol. The summed E-state index contributed by atoms with van der Waals surface area (Å²) in [5.74, 6) is -1.25. The molecule has 0 aliphatic rings. The first-order chi connectivity index (χ1) is 5.13. The van der Waals surface area contributed by atoms with Gasteiger partial charge in [0.15, 0.2) is 6.10 Å². The lowest BCUT2D eigenvalue weighted by Crippen LogP contribution is -2.41. The molecule has 2 atom stereocenters. The highest BCUT2D eigenvalue weighted by atomic mass is 16.4. The lowest BCUT2D eigenvalue weighted by molar-refractivity contribution is -0.148. The van der Waals surface area contributed by atoms with Crippen LogP contribution in [-0.4, -0.2) is 35.4 Å². The van der Waals surface area contributed by atoms with Gasteiger partial charge in [0.25, 0.3) is 0 Å². The highest BCUT2D eigenvalue weighted by Crippen LogP contribution is 1.97. The summed E-state index contributed by atoms with van der Waals surface area (Å²) in [6, 6.07) is -0.523. The molecule has 4 heteroatoms. The van der Waals surface area contributed by atoms with Crippen molar-refractivity contribution in [2.45, 2.75) is 25.5 Å². The molecule has 0 radical (unpaired) electrons. The molecule has 0 saturated heterocycles. The van der Waals surface area contributed by atoms with Crippen LogP contribution in [0.1, 0.15) is 14.7 Å². The van der Waals surface area contributed by atoms with Gasteiger partial charge in [0.05, 0.1) is 0 Å². The van der Waals surface area contributed by atoms with Crippen molar-refractivity contribution < 1.29 is 16.4 Å². The summed E-state index contributed by atoms with van der Waals surface area (Å²) < 4.78 is 6.76. The summed E-state index contributed by atoms with van der Waals surface area (Å²) >= 11 is 0. The van der Waals surface area contributed by atoms with E-state index < -0.39 is 18.1 Å². The lowest BCUT2D eigenvalue weighted by Gasteiger charge is -2.16. The Morgan fingerprint density at radius 1 is 1.90 bits per heavy atom. The van der Waals surface area contributed by atoms with Gasteiger partial charge in [0.2, 0.25) is 0 Å². The Balaban J connectivity index is 3.91. The van der Waals surface area contributed by atoms with Crippen LogP contribution in [0.5, 0.6) is 0 Å². The maximum atomic E-state index is 10.2. The van der Waals surface area contributed by atoms with Crippen LogP contribution in [-0.2, 0) is 4.79 Å². The molecule has 0 saturated carbocycles. The number of carboxylic acid groups (broad SMARTS) is 1. The zero-order chi connectivity index (χ0) is 8.85. The van der Waals surface area contributed by atoms with E-state index in [4.69, 9.17) is 11.6 Å². The summed E-state index contributed by atoms with van der Waals surface area (Å²) in [7, 11) is -0.0805. The van der Waals surface area contributed by atoms with Gasteiger partial charge in [0.1, 0.15) is 0 Å². The second-order valence-corrected chi connectivity index (χ2v) is 2.00. The summed E-state index contributed by atoms with van der Waals surface area (Å²) in [6.45, 7) is 1.75. The summed E-state index contributed by atoms with van der Waals surface area (Å²) in [6.07, 6.45) is -0.919. The third-order valence-electron chi connectivity index (χ3n) is 1.34. The van der Waals surface area contributed by atoms with Crippen LogP contribution in [0.2, 0.25) is 0 Å². The average molecular weight is 149 g/mol. The van der Waals surface area contributed by atoms with Gasteiger partial charge in [0, 0.05) is 7.41 Å². The van der Waals surface area contributed by atoms with E-state index in [1.54, 1.807) is 6.92 Å². The first-order valence-electron chi connectivity index (χ1n) is 3.77. The van der Waals surface area contributed by atoms with Crippen molar-refractivity contribution in [2.75, 3.05) is 7.02 Å². The van der Waals surface area contributed by atoms with Crippen molar-refractivity contribution in [1.82, 2.24) is 5.32 Å². The van der Waals surface area contributed by atoms with Crippen molar-refractivity contribution in [2.24, 2.45) is 0 Å². The number of aliphatic hydroxyl groups is 1. The fourth-order valence-electron chi connectivity index (χ4n) is 0.651. The van der Waals surface area contributed by atoms with E-state index in [1.165, 1.54) is 0 Å². The van der Waals surface area contributed by atoms with Crippen LogP contribution in [0.3, 0.4) is 0 Å². The van der Waals surface area contributed by atoms with Crippen LogP contribution in [0.4, 0.5) is 0 Å². The molecule has 1 unspecified atom stereocenters. The minimum atomic E-state index is -1.41. The highest BCUT2D eigenvalue weighted by Gasteiger charge is 2.21. The number of aliphatic carboxylic acids is 1. The SMILES string of the molecule is [3H]CN[C@@H](CC)C(O)C(=O)O. The van der Waals surface area contributed by atoms with Crippen LogP contribution < -0.4 is 5.32 Å². The van der Waals surface area contributed by atoms with Crippen molar-refractivity contribution in [3.05, 3.63) is 0 Å². The molecule has 0 spiro atoms. The Morgan fingerprint density at radius 3 is 2.80 bits per heavy atom. The Kier molecular flexibility index (Phi) is 3.18. The van der Waals surface area contributed by atoms with Gasteiger partial charge >= 0.3 is 5.97 Å². The van der Waals surface area contributed by atoms with Crippen LogP contribution in [0, 0.1) is 0 Å². The number of carboxylic acids is 1. The predicted octanol–water partition coefficient (Wildman–Crippen LogP) is -0.570. The van der Waals surface area contributed by atoms with E-state index >= 15 is 0 Å². The molecule has 3 N–H and O–H groups in total. The molecular formula is C6H13NO3. The van der Waals surface area contributed by atoms with Crippen LogP contribution in [0.15, 0.2) is 0 Å². The molecule has 0 aromatic heterocycles. The Bertz CT molecular complexity index is 131. The summed E-state index contributed by atoms with van der Waals surface area (Å²) in [5.41, 5.74) is 0. The van der Waals surface area contributed by atoms with Crippen LogP contribution in [0.25, 0.3) is 0 Å². The molecule has 0 aromatic rings. The van der Waals surface area contributed by atoms with Gasteiger partial charge in [-0.3, -0.25) is 0 Å². The van der Waals surface area contributed by atoms with Gasteiger partial charge in [-0.05, 0) is 13.4 Å². The molecule has 0 aliphatic carbocycles. The lowest BCUT2D eigenvalue weighted by atomic mass is 10.1. The van der Waals surface area contributed by atoms with E-state index in [-0.39, 0.29) is 7.02 Å². The smallest absolute Gasteiger partial charge is 0.334 e. The Morgan fingerprint density at radius 2 is 2.50 bits per heavy atom. The average Bonchev–Trinajstić information content (AvgIpc) is 1.98. The first kappa shape index (κ1) is 7.50. The summed E-state index contributed by atoms with van der Waals surface area (Å²) in [4.78, 5) is 10.2. The third kappa shape index (κ3) is 2.33. The Hall–Kier alpha value is -0.610. The normalized spacial score (nSPS) is 17.6. The Labute approximate surface area is 61.3 Å². The number of carbonyl (C=O) groups is 1. The molecule has 4 nitrogen and oxygen atoms in total. The minimum Gasteiger partial charge on any atom is -0.479 e. The minimum absolute atomic E-state index is 0.0805. The number of nitrogens with one attached hydrogen (secondary N) is 1. The largest absolute Gasteiger partial charge is 0.479 e. The van der Waals surface area contributed by atoms with E-state index in [1.807, 2.05) is 0 Å². The molecule has 10 heavy (non-hydrogen) atoms. The molecule has 0 aromatic carbocycles. The van der Waals surface area contributed by atoms with Crippen LogP contribution >= 0.6 is 0 Å². The number of aliphatic hydroxyl groups excluding tert-OH is 1. The second kappa shape index (κ2) is 4.24. The maximum Gasteiger partial charge on any atom is 0.334 e. The fourth-order valence-corrected chi connectivity index (χ4v) is 0.651. The van der Waals surface area contributed by atoms with Gasteiger partial charge in [-0.1, -0.05) is 6.92 Å². The van der Waals surface area contributed by atoms with E-state index in [0.717, 1.165) is 0 Å². The van der Waals surface area contributed by atoms with E-state index in [0.29, 0.717) is 6.42 Å². The number of likely N-dealkylation sites (N-methyl/N-ethyl adjacent to an activating group) is 1. The van der Waals surface area contributed by atoms with E-state index in [2.05, 4.69) is 5.32 Å². The van der Waals surface area contributed by atoms with Crippen molar-refractivity contribution in [3.8, 4) is 0 Å². The zero-order valence-electron chi connectivity index (χ0n) is 6.87.